The minimum absolute atomic E-state index is 0.0502. The molecule has 1 unspecified atom stereocenters. The summed E-state index contributed by atoms with van der Waals surface area (Å²) < 4.78 is 18.9. The SMILES string of the molecule is C=CC(=O)N1CCC(/C=N/c2ncnc3[nH]c(C#CCOc4ccccc4F)cc23)C1. The molecule has 31 heavy (non-hydrogen) atoms. The molecule has 0 bridgehead atoms. The molecule has 1 aliphatic heterocycles. The zero-order valence-corrected chi connectivity index (χ0v) is 16.7. The number of aromatic nitrogens is 3. The molecule has 2 aromatic heterocycles. The summed E-state index contributed by atoms with van der Waals surface area (Å²) in [5.41, 5.74) is 1.25. The minimum Gasteiger partial charge on any atom is -0.478 e. The number of likely N-dealkylation sites (tertiary alicyclic amines) is 1. The molecule has 0 aliphatic carbocycles. The number of halogens is 1. The summed E-state index contributed by atoms with van der Waals surface area (Å²) in [6.45, 7) is 4.89. The van der Waals surface area contributed by atoms with Gasteiger partial charge >= 0.3 is 0 Å². The number of nitrogens with one attached hydrogen (secondary N) is 1. The van der Waals surface area contributed by atoms with E-state index in [1.165, 1.54) is 18.5 Å². The van der Waals surface area contributed by atoms with Gasteiger partial charge in [0.25, 0.3) is 0 Å². The first kappa shape index (κ1) is 20.3. The van der Waals surface area contributed by atoms with Crippen LogP contribution in [-0.4, -0.2) is 51.7 Å². The number of fused-ring (bicyclic) bond motifs is 1. The van der Waals surface area contributed by atoms with Gasteiger partial charge in [-0.25, -0.2) is 19.4 Å². The number of aliphatic imine (C=N–C) groups is 1. The fraction of sp³-hybridized carbons (Fsp3) is 0.217. The van der Waals surface area contributed by atoms with Crippen molar-refractivity contribution in [2.75, 3.05) is 19.7 Å². The molecule has 3 heterocycles. The van der Waals surface area contributed by atoms with Crippen LogP contribution in [0.1, 0.15) is 12.1 Å². The molecule has 8 heteroatoms. The quantitative estimate of drug-likeness (QED) is 0.392. The van der Waals surface area contributed by atoms with E-state index < -0.39 is 5.82 Å². The van der Waals surface area contributed by atoms with Crippen LogP contribution < -0.4 is 4.74 Å². The lowest BCUT2D eigenvalue weighted by Gasteiger charge is -2.12. The first-order chi connectivity index (χ1) is 15.1. The van der Waals surface area contributed by atoms with Crippen molar-refractivity contribution in [1.82, 2.24) is 19.9 Å². The van der Waals surface area contributed by atoms with Gasteiger partial charge in [-0.3, -0.25) is 4.79 Å². The fourth-order valence-corrected chi connectivity index (χ4v) is 3.32. The lowest BCUT2D eigenvalue weighted by atomic mass is 10.1. The Kier molecular flexibility index (Phi) is 6.03. The summed E-state index contributed by atoms with van der Waals surface area (Å²) in [5, 5.41) is 0.745. The maximum atomic E-state index is 13.6. The molecule has 1 amide bonds. The van der Waals surface area contributed by atoms with Gasteiger partial charge in [-0.1, -0.05) is 24.6 Å². The van der Waals surface area contributed by atoms with Crippen LogP contribution in [0.4, 0.5) is 10.2 Å². The second kappa shape index (κ2) is 9.22. The Bertz CT molecular complexity index is 1210. The van der Waals surface area contributed by atoms with Gasteiger partial charge in [0.15, 0.2) is 17.4 Å². The fourth-order valence-electron chi connectivity index (χ4n) is 3.32. The highest BCUT2D eigenvalue weighted by atomic mass is 19.1. The van der Waals surface area contributed by atoms with Crippen molar-refractivity contribution in [3.63, 3.8) is 0 Å². The van der Waals surface area contributed by atoms with Gasteiger partial charge < -0.3 is 14.6 Å². The lowest BCUT2D eigenvalue weighted by Crippen LogP contribution is -2.26. The van der Waals surface area contributed by atoms with E-state index in [9.17, 15) is 9.18 Å². The molecule has 1 N–H and O–H groups in total. The number of carbonyl (C=O) groups is 1. The lowest BCUT2D eigenvalue weighted by molar-refractivity contribution is -0.125. The molecular formula is C23H20FN5O2. The van der Waals surface area contributed by atoms with Gasteiger partial charge in [-0.05, 0) is 36.6 Å². The number of carbonyl (C=O) groups excluding carboxylic acids is 1. The summed E-state index contributed by atoms with van der Waals surface area (Å²) in [4.78, 5) is 29.6. The Hall–Kier alpha value is -3.99. The minimum atomic E-state index is -0.424. The molecule has 1 atom stereocenters. The van der Waals surface area contributed by atoms with Gasteiger partial charge in [-0.2, -0.15) is 0 Å². The number of hydrogen-bond donors (Lipinski definition) is 1. The average Bonchev–Trinajstić information content (AvgIpc) is 3.43. The molecule has 1 aromatic carbocycles. The van der Waals surface area contributed by atoms with Crippen LogP contribution in [0.5, 0.6) is 5.75 Å². The largest absolute Gasteiger partial charge is 0.478 e. The highest BCUT2D eigenvalue weighted by molar-refractivity contribution is 5.89. The van der Waals surface area contributed by atoms with E-state index in [1.54, 1.807) is 23.1 Å². The first-order valence-electron chi connectivity index (χ1n) is 9.79. The predicted octanol–water partition coefficient (Wildman–Crippen LogP) is 3.26. The second-order valence-electron chi connectivity index (χ2n) is 6.98. The Morgan fingerprint density at radius 2 is 2.29 bits per heavy atom. The Morgan fingerprint density at radius 1 is 1.42 bits per heavy atom. The van der Waals surface area contributed by atoms with Crippen LogP contribution in [0.2, 0.25) is 0 Å². The van der Waals surface area contributed by atoms with Crippen LogP contribution >= 0.6 is 0 Å². The summed E-state index contributed by atoms with van der Waals surface area (Å²) in [6.07, 6.45) is 5.45. The second-order valence-corrected chi connectivity index (χ2v) is 6.98. The van der Waals surface area contributed by atoms with E-state index in [2.05, 4.69) is 38.4 Å². The molecule has 0 spiro atoms. The summed E-state index contributed by atoms with van der Waals surface area (Å²) >= 11 is 0. The molecule has 7 nitrogen and oxygen atoms in total. The molecule has 1 aliphatic rings. The van der Waals surface area contributed by atoms with Gasteiger partial charge in [0, 0.05) is 25.2 Å². The summed E-state index contributed by atoms with van der Waals surface area (Å²) in [5.74, 6) is 6.18. The van der Waals surface area contributed by atoms with Crippen LogP contribution in [0.25, 0.3) is 11.0 Å². The third-order valence-corrected chi connectivity index (χ3v) is 4.88. The summed E-state index contributed by atoms with van der Waals surface area (Å²) in [6, 6.07) is 8.01. The molecule has 1 fully saturated rings. The molecular weight excluding hydrogens is 397 g/mol. The molecule has 4 rings (SSSR count). The number of hydrogen-bond acceptors (Lipinski definition) is 5. The third-order valence-electron chi connectivity index (χ3n) is 4.88. The number of rotatable bonds is 5. The van der Waals surface area contributed by atoms with Crippen molar-refractivity contribution in [3.05, 3.63) is 60.8 Å². The van der Waals surface area contributed by atoms with E-state index in [1.807, 2.05) is 12.3 Å². The number of H-pyrrole nitrogens is 1. The van der Waals surface area contributed by atoms with Crippen LogP contribution in [0.15, 0.2) is 54.3 Å². The Labute approximate surface area is 178 Å². The standard InChI is InChI=1S/C23H20FN5O2/c1-2-21(30)29-10-9-16(14-29)13-25-22-18-12-17(28-23(18)27-15-26-22)6-5-11-31-20-8-4-3-7-19(20)24/h2-4,7-8,12-13,15-16H,1,9-11,14H2,(H,26,27,28)/b25-13+. The number of amides is 1. The van der Waals surface area contributed by atoms with Crippen molar-refractivity contribution in [3.8, 4) is 17.6 Å². The predicted molar refractivity (Wildman–Crippen MR) is 116 cm³/mol. The van der Waals surface area contributed by atoms with Crippen molar-refractivity contribution in [2.45, 2.75) is 6.42 Å². The zero-order chi connectivity index (χ0) is 21.6. The maximum Gasteiger partial charge on any atom is 0.245 e. The highest BCUT2D eigenvalue weighted by Crippen LogP contribution is 2.23. The van der Waals surface area contributed by atoms with Crippen molar-refractivity contribution in [2.24, 2.45) is 10.9 Å². The van der Waals surface area contributed by atoms with Crippen LogP contribution in [0, 0.1) is 23.6 Å². The number of para-hydroxylation sites is 1. The smallest absolute Gasteiger partial charge is 0.245 e. The van der Waals surface area contributed by atoms with Gasteiger partial charge in [0.2, 0.25) is 5.91 Å². The average molecular weight is 417 g/mol. The first-order valence-corrected chi connectivity index (χ1v) is 9.79. The van der Waals surface area contributed by atoms with E-state index >= 15 is 0 Å². The maximum absolute atomic E-state index is 13.6. The summed E-state index contributed by atoms with van der Waals surface area (Å²) in [7, 11) is 0. The van der Waals surface area contributed by atoms with E-state index in [0.717, 1.165) is 11.8 Å². The number of nitrogens with zero attached hydrogens (tertiary/aromatic N) is 4. The van der Waals surface area contributed by atoms with Crippen molar-refractivity contribution < 1.29 is 13.9 Å². The van der Waals surface area contributed by atoms with E-state index in [0.29, 0.717) is 30.2 Å². The molecule has 0 saturated carbocycles. The van der Waals surface area contributed by atoms with Crippen LogP contribution in [-0.2, 0) is 4.79 Å². The number of benzene rings is 1. The van der Waals surface area contributed by atoms with Crippen molar-refractivity contribution in [1.29, 1.82) is 0 Å². The topological polar surface area (TPSA) is 83.5 Å². The van der Waals surface area contributed by atoms with Crippen molar-refractivity contribution >= 4 is 29.0 Å². The van der Waals surface area contributed by atoms with Gasteiger partial charge in [-0.15, -0.1) is 0 Å². The number of ether oxygens (including phenoxy) is 1. The monoisotopic (exact) mass is 417 g/mol. The number of aromatic amines is 1. The molecule has 1 saturated heterocycles. The van der Waals surface area contributed by atoms with E-state index in [4.69, 9.17) is 4.74 Å². The molecule has 156 valence electrons. The highest BCUT2D eigenvalue weighted by Gasteiger charge is 2.23. The molecule has 0 radical (unpaired) electrons. The normalized spacial score (nSPS) is 15.8. The van der Waals surface area contributed by atoms with Crippen LogP contribution in [0.3, 0.4) is 0 Å². The Morgan fingerprint density at radius 3 is 3.13 bits per heavy atom. The van der Waals surface area contributed by atoms with Gasteiger partial charge in [0.05, 0.1) is 11.1 Å². The zero-order valence-electron chi connectivity index (χ0n) is 16.7. The Balaban J connectivity index is 1.43. The third kappa shape index (κ3) is 4.78. The molecule has 3 aromatic rings. The van der Waals surface area contributed by atoms with Gasteiger partial charge in [0.1, 0.15) is 18.6 Å². The van der Waals surface area contributed by atoms with E-state index in [-0.39, 0.29) is 24.2 Å².